The Hall–Kier alpha value is -1.96. The van der Waals surface area contributed by atoms with Gasteiger partial charge in [-0.3, -0.25) is 0 Å². The second kappa shape index (κ2) is 10.8. The number of benzene rings is 2. The van der Waals surface area contributed by atoms with Crippen LogP contribution in [0.15, 0.2) is 34.8 Å². The molecule has 7 heteroatoms. The average Bonchev–Trinajstić information content (AvgIpc) is 3.11. The first-order valence-corrected chi connectivity index (χ1v) is 13.0. The summed E-state index contributed by atoms with van der Waals surface area (Å²) in [4.78, 5) is 15.4. The molecule has 1 unspecified atom stereocenters. The fraction of sp³-hybridized carbons (Fsp3) is 0.444. The minimum atomic E-state index is -0.401. The van der Waals surface area contributed by atoms with Crippen LogP contribution < -0.4 is 0 Å². The van der Waals surface area contributed by atoms with Crippen molar-refractivity contribution in [3.63, 3.8) is 0 Å². The summed E-state index contributed by atoms with van der Waals surface area (Å²) in [5.74, 6) is 0.163. The number of hydrogen-bond acceptors (Lipinski definition) is 5. The number of phenols is 1. The van der Waals surface area contributed by atoms with Crippen LogP contribution in [0.4, 0.5) is 0 Å². The van der Waals surface area contributed by atoms with Crippen LogP contribution in [0.2, 0.25) is 0 Å². The second-order valence-electron chi connectivity index (χ2n) is 9.49. The number of esters is 1. The first-order valence-electron chi connectivity index (χ1n) is 11.7. The summed E-state index contributed by atoms with van der Waals surface area (Å²) in [6.45, 7) is 11.0. The molecule has 0 saturated carbocycles. The third-order valence-corrected chi connectivity index (χ3v) is 7.15. The van der Waals surface area contributed by atoms with Gasteiger partial charge >= 0.3 is 5.97 Å². The summed E-state index contributed by atoms with van der Waals surface area (Å²) in [5, 5.41) is 11.4. The number of aromatic hydroxyl groups is 1. The molecule has 0 fully saturated rings. The number of ether oxygens (including phenoxy) is 1. The number of hydrogen-bond donors (Lipinski definition) is 2. The number of rotatable bonds is 8. The van der Waals surface area contributed by atoms with Crippen molar-refractivity contribution in [2.24, 2.45) is 0 Å². The van der Waals surface area contributed by atoms with E-state index in [1.54, 1.807) is 6.92 Å². The van der Waals surface area contributed by atoms with E-state index < -0.39 is 5.97 Å². The molecule has 2 aromatic carbocycles. The molecule has 34 heavy (non-hydrogen) atoms. The van der Waals surface area contributed by atoms with Crippen LogP contribution >= 0.6 is 28.6 Å². The van der Waals surface area contributed by atoms with Gasteiger partial charge in [0.25, 0.3) is 0 Å². The van der Waals surface area contributed by atoms with Gasteiger partial charge in [0.15, 0.2) is 0 Å². The van der Waals surface area contributed by atoms with Crippen molar-refractivity contribution >= 4 is 45.4 Å². The van der Waals surface area contributed by atoms with Crippen molar-refractivity contribution in [2.75, 3.05) is 20.7 Å². The second-order valence-corrected chi connectivity index (χ2v) is 10.9. The van der Waals surface area contributed by atoms with E-state index in [9.17, 15) is 9.90 Å². The number of thiol groups is 1. The predicted octanol–water partition coefficient (Wildman–Crippen LogP) is 7.07. The largest absolute Gasteiger partial charge is 0.506 e. The summed E-state index contributed by atoms with van der Waals surface area (Å²) in [6.07, 6.45) is 0. The van der Waals surface area contributed by atoms with Crippen molar-refractivity contribution < 1.29 is 14.6 Å². The van der Waals surface area contributed by atoms with E-state index in [-0.39, 0.29) is 23.6 Å². The number of carbonyl (C=O) groups excluding carboxylic acids is 1. The Morgan fingerprint density at radius 1 is 1.15 bits per heavy atom. The molecule has 0 spiro atoms. The predicted molar refractivity (Wildman–Crippen MR) is 146 cm³/mol. The molecular formula is C27H35BrN2O3S. The maximum Gasteiger partial charge on any atom is 0.340 e. The lowest BCUT2D eigenvalue weighted by molar-refractivity contribution is 0.0527. The Labute approximate surface area is 216 Å². The van der Waals surface area contributed by atoms with E-state index in [1.165, 1.54) is 5.56 Å². The Morgan fingerprint density at radius 3 is 2.24 bits per heavy atom. The van der Waals surface area contributed by atoms with E-state index in [1.807, 2.05) is 25.1 Å². The van der Waals surface area contributed by atoms with Crippen molar-refractivity contribution in [1.82, 2.24) is 9.47 Å². The molecule has 0 radical (unpaired) electrons. The van der Waals surface area contributed by atoms with Gasteiger partial charge in [0.2, 0.25) is 0 Å². The fourth-order valence-electron chi connectivity index (χ4n) is 4.45. The first kappa shape index (κ1) is 26.6. The SMILES string of the molecule is CCOC(=O)c1c(C(S)c2ccc(C(C)C)cc2)n(C(C)C)c2cc(Br)c(O)c(CN(C)C)c12. The van der Waals surface area contributed by atoms with Gasteiger partial charge < -0.3 is 19.3 Å². The van der Waals surface area contributed by atoms with Gasteiger partial charge in [-0.1, -0.05) is 38.1 Å². The summed E-state index contributed by atoms with van der Waals surface area (Å²) >= 11 is 8.57. The topological polar surface area (TPSA) is 54.7 Å². The molecule has 1 aromatic heterocycles. The molecule has 1 atom stereocenters. The molecule has 0 amide bonds. The molecule has 0 aliphatic heterocycles. The Bertz CT molecular complexity index is 1180. The summed E-state index contributed by atoms with van der Waals surface area (Å²) in [6, 6.07) is 10.3. The molecule has 0 bridgehead atoms. The molecule has 0 aliphatic rings. The molecule has 1 N–H and O–H groups in total. The highest BCUT2D eigenvalue weighted by Gasteiger charge is 2.32. The fourth-order valence-corrected chi connectivity index (χ4v) is 5.33. The normalized spacial score (nSPS) is 12.8. The molecule has 0 aliphatic carbocycles. The number of halogens is 1. The standard InChI is InChI=1S/C27H35BrN2O3S/c1-8-33-27(32)23-22-19(14-29(6)7)25(31)20(28)13-21(22)30(16(4)5)24(23)26(34)18-11-9-17(10-12-18)15(2)3/h9-13,15-16,26,31,34H,8,14H2,1-7H3. The lowest BCUT2D eigenvalue weighted by Crippen LogP contribution is -2.14. The van der Waals surface area contributed by atoms with Crippen molar-refractivity contribution in [3.05, 3.63) is 62.8 Å². The number of carbonyl (C=O) groups is 1. The average molecular weight is 548 g/mol. The van der Waals surface area contributed by atoms with Crippen molar-refractivity contribution in [3.8, 4) is 5.75 Å². The third kappa shape index (κ3) is 5.02. The lowest BCUT2D eigenvalue weighted by atomic mass is 9.97. The van der Waals surface area contributed by atoms with Crippen LogP contribution in [0, 0.1) is 0 Å². The van der Waals surface area contributed by atoms with Crippen LogP contribution in [0.25, 0.3) is 10.9 Å². The minimum absolute atomic E-state index is 0.0499. The van der Waals surface area contributed by atoms with Gasteiger partial charge in [0, 0.05) is 23.5 Å². The highest BCUT2D eigenvalue weighted by molar-refractivity contribution is 9.10. The number of fused-ring (bicyclic) bond motifs is 1. The molecular weight excluding hydrogens is 512 g/mol. The number of nitrogens with zero attached hydrogens (tertiary/aromatic N) is 2. The van der Waals surface area contributed by atoms with Crippen molar-refractivity contribution in [2.45, 2.75) is 58.4 Å². The molecule has 5 nitrogen and oxygen atoms in total. The zero-order valence-corrected chi connectivity index (χ0v) is 23.5. The zero-order valence-electron chi connectivity index (χ0n) is 21.0. The van der Waals surface area contributed by atoms with Gasteiger partial charge in [-0.25, -0.2) is 4.79 Å². The molecule has 3 aromatic rings. The van der Waals surface area contributed by atoms with E-state index in [4.69, 9.17) is 17.4 Å². The smallest absolute Gasteiger partial charge is 0.340 e. The van der Waals surface area contributed by atoms with Crippen LogP contribution in [0.3, 0.4) is 0 Å². The third-order valence-electron chi connectivity index (χ3n) is 6.01. The summed E-state index contributed by atoms with van der Waals surface area (Å²) in [7, 11) is 3.88. The van der Waals surface area contributed by atoms with E-state index >= 15 is 0 Å². The van der Waals surface area contributed by atoms with E-state index in [0.717, 1.165) is 22.2 Å². The van der Waals surface area contributed by atoms with Crippen LogP contribution in [-0.2, 0) is 11.3 Å². The maximum absolute atomic E-state index is 13.5. The van der Waals surface area contributed by atoms with Crippen LogP contribution in [0.1, 0.15) is 84.6 Å². The van der Waals surface area contributed by atoms with Gasteiger partial charge in [-0.15, -0.1) is 0 Å². The summed E-state index contributed by atoms with van der Waals surface area (Å²) < 4.78 is 8.29. The monoisotopic (exact) mass is 546 g/mol. The molecule has 1 heterocycles. The zero-order chi connectivity index (χ0) is 25.3. The highest BCUT2D eigenvalue weighted by atomic mass is 79.9. The van der Waals surface area contributed by atoms with Gasteiger partial charge in [-0.05, 0) is 73.9 Å². The molecule has 184 valence electrons. The van der Waals surface area contributed by atoms with Gasteiger partial charge in [-0.2, -0.15) is 12.6 Å². The first-order chi connectivity index (χ1) is 16.0. The van der Waals surface area contributed by atoms with Crippen molar-refractivity contribution in [1.29, 1.82) is 0 Å². The van der Waals surface area contributed by atoms with E-state index in [2.05, 4.69) is 72.5 Å². The quantitative estimate of drug-likeness (QED) is 0.234. The van der Waals surface area contributed by atoms with Gasteiger partial charge in [0.1, 0.15) is 5.75 Å². The van der Waals surface area contributed by atoms with Gasteiger partial charge in [0.05, 0.1) is 33.1 Å². The lowest BCUT2D eigenvalue weighted by Gasteiger charge is -2.21. The van der Waals surface area contributed by atoms with E-state index in [0.29, 0.717) is 28.1 Å². The molecule has 0 saturated heterocycles. The minimum Gasteiger partial charge on any atom is -0.506 e. The Balaban J connectivity index is 2.42. The Kier molecular flexibility index (Phi) is 8.43. The van der Waals surface area contributed by atoms with Crippen LogP contribution in [0.5, 0.6) is 5.75 Å². The maximum atomic E-state index is 13.5. The van der Waals surface area contributed by atoms with Crippen LogP contribution in [-0.4, -0.2) is 41.2 Å². The summed E-state index contributed by atoms with van der Waals surface area (Å²) in [5.41, 5.74) is 5.06. The Morgan fingerprint density at radius 2 is 1.74 bits per heavy atom. The molecule has 3 rings (SSSR count). The number of phenolic OH excluding ortho intramolecular Hbond substituents is 1. The number of aromatic nitrogens is 1. The highest BCUT2D eigenvalue weighted by Crippen LogP contribution is 2.45.